The van der Waals surface area contributed by atoms with E-state index in [4.69, 9.17) is 23.2 Å². The molecule has 0 radical (unpaired) electrons. The van der Waals surface area contributed by atoms with Gasteiger partial charge in [0.25, 0.3) is 0 Å². The molecule has 5 nitrogen and oxygen atoms in total. The predicted molar refractivity (Wildman–Crippen MR) is 103 cm³/mol. The minimum atomic E-state index is -0.0775. The second-order valence-electron chi connectivity index (χ2n) is 5.13. The van der Waals surface area contributed by atoms with E-state index in [0.717, 1.165) is 16.1 Å². The molecule has 0 bridgehead atoms. The van der Waals surface area contributed by atoms with Crippen LogP contribution in [0.3, 0.4) is 0 Å². The molecule has 1 aromatic carbocycles. The number of hydrogen-bond acceptors (Lipinski definition) is 5. The molecular weight excluding hydrogens is 379 g/mol. The number of thiazole rings is 1. The summed E-state index contributed by atoms with van der Waals surface area (Å²) in [6.45, 7) is 0. The molecule has 0 fully saturated rings. The van der Waals surface area contributed by atoms with Crippen molar-refractivity contribution in [3.05, 3.63) is 57.6 Å². The summed E-state index contributed by atoms with van der Waals surface area (Å²) in [5.41, 5.74) is 2.31. The van der Waals surface area contributed by atoms with Crippen molar-refractivity contribution < 1.29 is 4.79 Å². The first-order chi connectivity index (χ1) is 12.1. The van der Waals surface area contributed by atoms with Gasteiger partial charge >= 0.3 is 0 Å². The molecule has 0 atom stereocenters. The number of rotatable bonds is 5. The van der Waals surface area contributed by atoms with Gasteiger partial charge in [-0.1, -0.05) is 23.2 Å². The quantitative estimate of drug-likeness (QED) is 0.668. The van der Waals surface area contributed by atoms with Crippen LogP contribution < -0.4 is 10.6 Å². The number of pyridine rings is 1. The Morgan fingerprint density at radius 3 is 2.68 bits per heavy atom. The lowest BCUT2D eigenvalue weighted by Gasteiger charge is -2.05. The van der Waals surface area contributed by atoms with Crippen LogP contribution in [-0.2, 0) is 11.2 Å². The Bertz CT molecular complexity index is 899. The Labute approximate surface area is 159 Å². The van der Waals surface area contributed by atoms with E-state index in [1.54, 1.807) is 37.6 Å². The van der Waals surface area contributed by atoms with Gasteiger partial charge < -0.3 is 10.6 Å². The first kappa shape index (κ1) is 17.7. The van der Waals surface area contributed by atoms with Gasteiger partial charge in [-0.2, -0.15) is 0 Å². The average molecular weight is 393 g/mol. The highest BCUT2D eigenvalue weighted by atomic mass is 35.5. The maximum atomic E-state index is 11.8. The molecule has 0 aliphatic rings. The molecule has 0 aliphatic heterocycles. The zero-order chi connectivity index (χ0) is 17.8. The molecule has 128 valence electrons. The average Bonchev–Trinajstić information content (AvgIpc) is 3.01. The normalized spacial score (nSPS) is 10.5. The number of anilines is 2. The summed E-state index contributed by atoms with van der Waals surface area (Å²) in [6.07, 6.45) is 3.63. The van der Waals surface area contributed by atoms with E-state index in [2.05, 4.69) is 20.6 Å². The number of amides is 1. The number of likely N-dealkylation sites (N-methyl/N-ethyl adjacent to an activating group) is 1. The number of hydrogen-bond donors (Lipinski definition) is 2. The highest BCUT2D eigenvalue weighted by Crippen LogP contribution is 2.35. The van der Waals surface area contributed by atoms with Crippen molar-refractivity contribution in [1.82, 2.24) is 15.3 Å². The van der Waals surface area contributed by atoms with Gasteiger partial charge in [-0.25, -0.2) is 4.98 Å². The second-order valence-corrected chi connectivity index (χ2v) is 7.05. The Morgan fingerprint density at radius 2 is 1.96 bits per heavy atom. The first-order valence-corrected chi connectivity index (χ1v) is 8.97. The molecule has 0 saturated heterocycles. The van der Waals surface area contributed by atoms with Crippen LogP contribution >= 0.6 is 34.5 Å². The first-order valence-electron chi connectivity index (χ1n) is 7.39. The Morgan fingerprint density at radius 1 is 1.20 bits per heavy atom. The van der Waals surface area contributed by atoms with Gasteiger partial charge in [0.1, 0.15) is 0 Å². The van der Waals surface area contributed by atoms with Crippen LogP contribution in [0.25, 0.3) is 11.3 Å². The lowest BCUT2D eigenvalue weighted by atomic mass is 10.1. The molecular formula is C17H14Cl2N4OS. The fourth-order valence-corrected chi connectivity index (χ4v) is 3.53. The summed E-state index contributed by atoms with van der Waals surface area (Å²) in [5, 5.41) is 7.56. The number of benzene rings is 1. The number of carbonyl (C=O) groups is 1. The molecule has 2 N–H and O–H groups in total. The van der Waals surface area contributed by atoms with Crippen LogP contribution in [0, 0.1) is 0 Å². The van der Waals surface area contributed by atoms with Gasteiger partial charge in [0, 0.05) is 34.9 Å². The predicted octanol–water partition coefficient (Wildman–Crippen LogP) is 4.54. The van der Waals surface area contributed by atoms with E-state index < -0.39 is 0 Å². The molecule has 2 heterocycles. The minimum absolute atomic E-state index is 0.0775. The molecule has 1 amide bonds. The topological polar surface area (TPSA) is 66.9 Å². The van der Waals surface area contributed by atoms with Gasteiger partial charge in [0.2, 0.25) is 5.91 Å². The maximum absolute atomic E-state index is 11.8. The summed E-state index contributed by atoms with van der Waals surface area (Å²) < 4.78 is 0. The van der Waals surface area contributed by atoms with Crippen LogP contribution in [0.15, 0.2) is 42.7 Å². The van der Waals surface area contributed by atoms with E-state index in [0.29, 0.717) is 20.9 Å². The van der Waals surface area contributed by atoms with Crippen molar-refractivity contribution in [3.8, 4) is 11.3 Å². The van der Waals surface area contributed by atoms with Gasteiger partial charge in [-0.3, -0.25) is 9.78 Å². The third kappa shape index (κ3) is 4.28. The van der Waals surface area contributed by atoms with Crippen molar-refractivity contribution in [2.24, 2.45) is 0 Å². The van der Waals surface area contributed by atoms with Gasteiger partial charge in [-0.15, -0.1) is 11.3 Å². The van der Waals surface area contributed by atoms with Crippen molar-refractivity contribution in [3.63, 3.8) is 0 Å². The van der Waals surface area contributed by atoms with Gasteiger partial charge in [0.15, 0.2) is 5.13 Å². The number of nitrogens with one attached hydrogen (secondary N) is 2. The Hall–Kier alpha value is -2.15. The SMILES string of the molecule is CNC(=O)Cc1sc(Nc2cc(Cl)ccc2Cl)nc1-c1ccncc1. The van der Waals surface area contributed by atoms with Crippen LogP contribution in [0.1, 0.15) is 4.88 Å². The molecule has 8 heteroatoms. The fraction of sp³-hybridized carbons (Fsp3) is 0.118. The minimum Gasteiger partial charge on any atom is -0.359 e. The molecule has 2 aromatic heterocycles. The van der Waals surface area contributed by atoms with Gasteiger partial charge in [-0.05, 0) is 30.3 Å². The van der Waals surface area contributed by atoms with Crippen molar-refractivity contribution >= 4 is 51.3 Å². The summed E-state index contributed by atoms with van der Waals surface area (Å²) >= 11 is 13.6. The van der Waals surface area contributed by atoms with Crippen molar-refractivity contribution in [1.29, 1.82) is 0 Å². The lowest BCUT2D eigenvalue weighted by Crippen LogP contribution is -2.19. The van der Waals surface area contributed by atoms with E-state index in [-0.39, 0.29) is 12.3 Å². The maximum Gasteiger partial charge on any atom is 0.225 e. The largest absolute Gasteiger partial charge is 0.359 e. The van der Waals surface area contributed by atoms with E-state index in [9.17, 15) is 4.79 Å². The number of carbonyl (C=O) groups excluding carboxylic acids is 1. The van der Waals surface area contributed by atoms with Crippen molar-refractivity contribution in [2.45, 2.75) is 6.42 Å². The zero-order valence-electron chi connectivity index (χ0n) is 13.2. The molecule has 3 rings (SSSR count). The lowest BCUT2D eigenvalue weighted by molar-refractivity contribution is -0.119. The zero-order valence-corrected chi connectivity index (χ0v) is 15.5. The molecule has 0 aliphatic carbocycles. The molecule has 0 unspecified atom stereocenters. The van der Waals surface area contributed by atoms with Gasteiger partial charge in [0.05, 0.1) is 22.8 Å². The monoisotopic (exact) mass is 392 g/mol. The molecule has 0 spiro atoms. The third-order valence-electron chi connectivity index (χ3n) is 3.42. The summed E-state index contributed by atoms with van der Waals surface area (Å²) in [5.74, 6) is -0.0775. The van der Waals surface area contributed by atoms with E-state index in [1.165, 1.54) is 11.3 Å². The second kappa shape index (κ2) is 7.82. The summed E-state index contributed by atoms with van der Waals surface area (Å²) in [7, 11) is 1.61. The standard InChI is InChI=1S/C17H14Cl2N4OS/c1-20-15(24)9-14-16(10-4-6-21-7-5-10)23-17(25-14)22-13-8-11(18)2-3-12(13)19/h2-8H,9H2,1H3,(H,20,24)(H,22,23). The highest BCUT2D eigenvalue weighted by molar-refractivity contribution is 7.16. The number of nitrogens with zero attached hydrogens (tertiary/aromatic N) is 2. The van der Waals surface area contributed by atoms with E-state index in [1.807, 2.05) is 12.1 Å². The molecule has 3 aromatic rings. The summed E-state index contributed by atoms with van der Waals surface area (Å²) in [4.78, 5) is 21.3. The molecule has 0 saturated carbocycles. The Balaban J connectivity index is 1.98. The third-order valence-corrected chi connectivity index (χ3v) is 4.96. The Kier molecular flexibility index (Phi) is 5.53. The number of halogens is 2. The van der Waals surface area contributed by atoms with Crippen LogP contribution in [0.2, 0.25) is 10.0 Å². The highest BCUT2D eigenvalue weighted by Gasteiger charge is 2.16. The summed E-state index contributed by atoms with van der Waals surface area (Å²) in [6, 6.07) is 8.89. The van der Waals surface area contributed by atoms with Crippen LogP contribution in [0.4, 0.5) is 10.8 Å². The van der Waals surface area contributed by atoms with Crippen LogP contribution in [0.5, 0.6) is 0 Å². The van der Waals surface area contributed by atoms with E-state index >= 15 is 0 Å². The van der Waals surface area contributed by atoms with Crippen molar-refractivity contribution in [2.75, 3.05) is 12.4 Å². The smallest absolute Gasteiger partial charge is 0.225 e. The molecule has 25 heavy (non-hydrogen) atoms. The van der Waals surface area contributed by atoms with Crippen LogP contribution in [-0.4, -0.2) is 22.9 Å². The number of aromatic nitrogens is 2. The fourth-order valence-electron chi connectivity index (χ4n) is 2.20.